The summed E-state index contributed by atoms with van der Waals surface area (Å²) in [5, 5.41) is 33.1. The molecular weight excluding hydrogens is 312 g/mol. The summed E-state index contributed by atoms with van der Waals surface area (Å²) in [6.07, 6.45) is 0. The van der Waals surface area contributed by atoms with Crippen molar-refractivity contribution in [2.24, 2.45) is 5.73 Å². The Labute approximate surface area is 132 Å². The predicted octanol–water partition coefficient (Wildman–Crippen LogP) is -4.12. The van der Waals surface area contributed by atoms with Crippen LogP contribution in [0.2, 0.25) is 0 Å². The monoisotopic (exact) mass is 334 g/mol. The van der Waals surface area contributed by atoms with Gasteiger partial charge in [0.2, 0.25) is 17.7 Å². The molecule has 0 aromatic rings. The van der Waals surface area contributed by atoms with Crippen molar-refractivity contribution in [3.63, 3.8) is 0 Å². The number of carbonyl (C=O) groups excluding carboxylic acids is 3. The number of aliphatic carboxylic acids is 1. The minimum absolute atomic E-state index is 0.580. The fourth-order valence-electron chi connectivity index (χ4n) is 1.36. The molecule has 0 aliphatic rings. The van der Waals surface area contributed by atoms with Gasteiger partial charge in [0.05, 0.1) is 19.3 Å². The molecular formula is C12H22N4O7. The van der Waals surface area contributed by atoms with Crippen LogP contribution in [0.4, 0.5) is 0 Å². The Bertz CT molecular complexity index is 455. The van der Waals surface area contributed by atoms with E-state index in [0.29, 0.717) is 0 Å². The topological polar surface area (TPSA) is 191 Å². The number of aliphatic hydroxyl groups is 2. The summed E-state index contributed by atoms with van der Waals surface area (Å²) in [5.74, 6) is -3.82. The van der Waals surface area contributed by atoms with Gasteiger partial charge in [0.25, 0.3) is 0 Å². The molecule has 3 amide bonds. The number of nitrogens with one attached hydrogen (secondary N) is 3. The number of amides is 3. The van der Waals surface area contributed by atoms with Gasteiger partial charge in [0, 0.05) is 0 Å². The number of rotatable bonds is 9. The molecule has 11 nitrogen and oxygen atoms in total. The number of carboxylic acid groups (broad SMARTS) is 1. The normalized spacial score (nSPS) is 15.7. The van der Waals surface area contributed by atoms with Gasteiger partial charge in [0.1, 0.15) is 18.1 Å². The first kappa shape index (κ1) is 20.8. The first-order valence-corrected chi connectivity index (χ1v) is 6.75. The fraction of sp³-hybridized carbons (Fsp3) is 0.667. The van der Waals surface area contributed by atoms with Crippen molar-refractivity contribution >= 4 is 23.7 Å². The molecule has 11 heteroatoms. The quantitative estimate of drug-likeness (QED) is 0.221. The van der Waals surface area contributed by atoms with E-state index in [4.69, 9.17) is 21.1 Å². The lowest BCUT2D eigenvalue weighted by Gasteiger charge is -2.21. The third kappa shape index (κ3) is 7.04. The van der Waals surface area contributed by atoms with Crippen LogP contribution in [0.1, 0.15) is 13.8 Å². The van der Waals surface area contributed by atoms with Crippen molar-refractivity contribution in [3.8, 4) is 0 Å². The number of carboxylic acids is 1. The largest absolute Gasteiger partial charge is 0.480 e. The summed E-state index contributed by atoms with van der Waals surface area (Å²) in [6, 6.07) is -4.86. The lowest BCUT2D eigenvalue weighted by atomic mass is 10.2. The van der Waals surface area contributed by atoms with E-state index in [1.54, 1.807) is 0 Å². The molecule has 0 bridgehead atoms. The summed E-state index contributed by atoms with van der Waals surface area (Å²) in [6.45, 7) is 1.11. The second-order valence-electron chi connectivity index (χ2n) is 4.84. The first-order valence-electron chi connectivity index (χ1n) is 6.75. The highest BCUT2D eigenvalue weighted by atomic mass is 16.4. The van der Waals surface area contributed by atoms with Gasteiger partial charge in [-0.1, -0.05) is 0 Å². The highest BCUT2D eigenvalue weighted by molar-refractivity contribution is 5.93. The number of aliphatic hydroxyl groups excluding tert-OH is 2. The fourth-order valence-corrected chi connectivity index (χ4v) is 1.36. The van der Waals surface area contributed by atoms with E-state index in [1.165, 1.54) is 13.8 Å². The molecule has 132 valence electrons. The molecule has 0 fully saturated rings. The Morgan fingerprint density at radius 3 is 1.74 bits per heavy atom. The number of nitrogens with two attached hydrogens (primary N) is 1. The Kier molecular flexibility index (Phi) is 8.77. The van der Waals surface area contributed by atoms with E-state index in [9.17, 15) is 19.2 Å². The summed E-state index contributed by atoms with van der Waals surface area (Å²) >= 11 is 0. The van der Waals surface area contributed by atoms with Crippen LogP contribution in [-0.2, 0) is 19.2 Å². The third-order valence-corrected chi connectivity index (χ3v) is 2.78. The van der Waals surface area contributed by atoms with E-state index in [2.05, 4.69) is 10.6 Å². The molecule has 0 aliphatic carbocycles. The van der Waals surface area contributed by atoms with E-state index in [1.807, 2.05) is 5.32 Å². The lowest BCUT2D eigenvalue weighted by Crippen LogP contribution is -2.57. The molecule has 8 N–H and O–H groups in total. The van der Waals surface area contributed by atoms with Crippen LogP contribution in [-0.4, -0.2) is 76.4 Å². The first-order chi connectivity index (χ1) is 10.6. The third-order valence-electron chi connectivity index (χ3n) is 2.78. The maximum atomic E-state index is 11.8. The van der Waals surface area contributed by atoms with Gasteiger partial charge < -0.3 is 37.0 Å². The number of hydrogen-bond donors (Lipinski definition) is 7. The molecule has 0 aromatic carbocycles. The van der Waals surface area contributed by atoms with Crippen molar-refractivity contribution in [3.05, 3.63) is 0 Å². The second kappa shape index (κ2) is 9.71. The van der Waals surface area contributed by atoms with Gasteiger partial charge in [-0.05, 0) is 13.8 Å². The van der Waals surface area contributed by atoms with Crippen LogP contribution >= 0.6 is 0 Å². The molecule has 0 saturated heterocycles. The van der Waals surface area contributed by atoms with E-state index >= 15 is 0 Å². The Hall–Kier alpha value is -2.24. The van der Waals surface area contributed by atoms with Crippen LogP contribution in [0.3, 0.4) is 0 Å². The maximum absolute atomic E-state index is 11.8. The molecule has 0 radical (unpaired) electrons. The van der Waals surface area contributed by atoms with Crippen molar-refractivity contribution in [2.75, 3.05) is 13.2 Å². The molecule has 0 aliphatic heterocycles. The minimum Gasteiger partial charge on any atom is -0.480 e. The highest BCUT2D eigenvalue weighted by Crippen LogP contribution is 1.92. The van der Waals surface area contributed by atoms with Gasteiger partial charge in [-0.25, -0.2) is 4.79 Å². The number of hydrogen-bond acceptors (Lipinski definition) is 7. The molecule has 23 heavy (non-hydrogen) atoms. The molecule has 4 atom stereocenters. The van der Waals surface area contributed by atoms with Crippen LogP contribution in [0.25, 0.3) is 0 Å². The van der Waals surface area contributed by atoms with Crippen LogP contribution in [0, 0.1) is 0 Å². The average molecular weight is 334 g/mol. The lowest BCUT2D eigenvalue weighted by molar-refractivity contribution is -0.143. The SMILES string of the molecule is CC(N)C(=O)NC(C)C(=O)NC(CO)C(=O)NC(CO)C(=O)O. The van der Waals surface area contributed by atoms with E-state index in [0.717, 1.165) is 0 Å². The zero-order valence-electron chi connectivity index (χ0n) is 12.8. The standard InChI is InChI=1S/C12H22N4O7/c1-5(13)9(19)14-6(2)10(20)15-7(3-17)11(21)16-8(4-18)12(22)23/h5-8,17-18H,3-4,13H2,1-2H3,(H,14,19)(H,15,20)(H,16,21)(H,22,23). The van der Waals surface area contributed by atoms with E-state index in [-0.39, 0.29) is 0 Å². The van der Waals surface area contributed by atoms with Gasteiger partial charge >= 0.3 is 5.97 Å². The Balaban J connectivity index is 4.68. The zero-order chi connectivity index (χ0) is 18.2. The predicted molar refractivity (Wildman–Crippen MR) is 76.9 cm³/mol. The van der Waals surface area contributed by atoms with Crippen molar-refractivity contribution < 1.29 is 34.5 Å². The highest BCUT2D eigenvalue weighted by Gasteiger charge is 2.27. The van der Waals surface area contributed by atoms with Crippen LogP contribution in [0.5, 0.6) is 0 Å². The molecule has 0 aromatic heterocycles. The molecule has 0 saturated carbocycles. The molecule has 0 spiro atoms. The molecule has 0 heterocycles. The summed E-state index contributed by atoms with van der Waals surface area (Å²) in [4.78, 5) is 45.7. The number of carbonyl (C=O) groups is 4. The van der Waals surface area contributed by atoms with Gasteiger partial charge in [-0.3, -0.25) is 14.4 Å². The van der Waals surface area contributed by atoms with Crippen LogP contribution in [0.15, 0.2) is 0 Å². The summed E-state index contributed by atoms with van der Waals surface area (Å²) < 4.78 is 0. The van der Waals surface area contributed by atoms with Gasteiger partial charge in [0.15, 0.2) is 0 Å². The average Bonchev–Trinajstić information content (AvgIpc) is 2.48. The summed E-state index contributed by atoms with van der Waals surface area (Å²) in [5.41, 5.74) is 5.33. The van der Waals surface area contributed by atoms with Crippen LogP contribution < -0.4 is 21.7 Å². The maximum Gasteiger partial charge on any atom is 0.328 e. The van der Waals surface area contributed by atoms with E-state index < -0.39 is 61.1 Å². The van der Waals surface area contributed by atoms with Gasteiger partial charge in [-0.2, -0.15) is 0 Å². The Morgan fingerprint density at radius 1 is 0.870 bits per heavy atom. The zero-order valence-corrected chi connectivity index (χ0v) is 12.8. The Morgan fingerprint density at radius 2 is 1.35 bits per heavy atom. The van der Waals surface area contributed by atoms with Crippen molar-refractivity contribution in [1.29, 1.82) is 0 Å². The smallest absolute Gasteiger partial charge is 0.328 e. The van der Waals surface area contributed by atoms with Gasteiger partial charge in [-0.15, -0.1) is 0 Å². The summed E-state index contributed by atoms with van der Waals surface area (Å²) in [7, 11) is 0. The van der Waals surface area contributed by atoms with Crippen molar-refractivity contribution in [2.45, 2.75) is 38.0 Å². The minimum atomic E-state index is -1.57. The molecule has 4 unspecified atom stereocenters. The van der Waals surface area contributed by atoms with Crippen molar-refractivity contribution in [1.82, 2.24) is 16.0 Å². The molecule has 0 rings (SSSR count). The second-order valence-corrected chi connectivity index (χ2v) is 4.84.